The molecule has 1 rings (SSSR count). The minimum atomic E-state index is -0.430. The molecule has 3 nitrogen and oxygen atoms in total. The van der Waals surface area contributed by atoms with Crippen molar-refractivity contribution in [1.29, 1.82) is 0 Å². The molecule has 0 saturated carbocycles. The van der Waals surface area contributed by atoms with E-state index in [1.54, 1.807) is 19.2 Å². The third-order valence-corrected chi connectivity index (χ3v) is 2.99. The van der Waals surface area contributed by atoms with E-state index in [1.165, 1.54) is 6.07 Å². The third kappa shape index (κ3) is 4.09. The Balaban J connectivity index is 2.76. The molecular formula is C12H16BrFN2O. The molecule has 0 aliphatic carbocycles. The van der Waals surface area contributed by atoms with E-state index in [9.17, 15) is 9.18 Å². The van der Waals surface area contributed by atoms with Crippen molar-refractivity contribution < 1.29 is 9.18 Å². The Hall–Kier alpha value is -0.940. The average Bonchev–Trinajstić information content (AvgIpc) is 2.30. The van der Waals surface area contributed by atoms with Crippen molar-refractivity contribution in [1.82, 2.24) is 5.32 Å². The van der Waals surface area contributed by atoms with Crippen LogP contribution in [0.15, 0.2) is 22.7 Å². The van der Waals surface area contributed by atoms with Gasteiger partial charge in [-0.15, -0.1) is 0 Å². The first kappa shape index (κ1) is 14.1. The van der Waals surface area contributed by atoms with Crippen molar-refractivity contribution in [3.05, 3.63) is 28.5 Å². The van der Waals surface area contributed by atoms with Gasteiger partial charge in [0.25, 0.3) is 0 Å². The number of hydrogen-bond donors (Lipinski definition) is 2. The second kappa shape index (κ2) is 6.71. The molecule has 1 atom stereocenters. The minimum absolute atomic E-state index is 0.154. The Morgan fingerprint density at radius 3 is 2.82 bits per heavy atom. The van der Waals surface area contributed by atoms with Crippen molar-refractivity contribution in [2.24, 2.45) is 5.92 Å². The number of benzene rings is 1. The van der Waals surface area contributed by atoms with Crippen molar-refractivity contribution in [2.75, 3.05) is 18.9 Å². The number of rotatable bonds is 5. The summed E-state index contributed by atoms with van der Waals surface area (Å²) in [5.41, 5.74) is 0.207. The molecule has 0 aliphatic rings. The molecule has 1 aromatic rings. The van der Waals surface area contributed by atoms with Crippen molar-refractivity contribution in [3.8, 4) is 0 Å². The summed E-state index contributed by atoms with van der Waals surface area (Å²) < 4.78 is 14.2. The first-order chi connectivity index (χ1) is 8.08. The molecule has 0 aromatic heterocycles. The molecule has 0 aliphatic heterocycles. The highest BCUT2D eigenvalue weighted by atomic mass is 79.9. The molecule has 0 saturated heterocycles. The van der Waals surface area contributed by atoms with Crippen LogP contribution in [-0.2, 0) is 4.79 Å². The summed E-state index contributed by atoms with van der Waals surface area (Å²) in [4.78, 5) is 11.9. The second-order valence-corrected chi connectivity index (χ2v) is 4.69. The van der Waals surface area contributed by atoms with Gasteiger partial charge in [-0.2, -0.15) is 0 Å². The van der Waals surface area contributed by atoms with Gasteiger partial charge in [0.05, 0.1) is 11.6 Å². The molecule has 2 N–H and O–H groups in total. The third-order valence-electron chi connectivity index (χ3n) is 2.50. The van der Waals surface area contributed by atoms with Crippen LogP contribution in [-0.4, -0.2) is 19.5 Å². The summed E-state index contributed by atoms with van der Waals surface area (Å²) in [5, 5.41) is 5.55. The van der Waals surface area contributed by atoms with E-state index < -0.39 is 5.82 Å². The van der Waals surface area contributed by atoms with E-state index in [0.29, 0.717) is 13.0 Å². The van der Waals surface area contributed by atoms with E-state index in [-0.39, 0.29) is 17.5 Å². The van der Waals surface area contributed by atoms with E-state index >= 15 is 0 Å². The molecular weight excluding hydrogens is 287 g/mol. The van der Waals surface area contributed by atoms with Crippen LogP contribution in [0.5, 0.6) is 0 Å². The maximum Gasteiger partial charge on any atom is 0.228 e. The zero-order valence-corrected chi connectivity index (χ0v) is 11.5. The summed E-state index contributed by atoms with van der Waals surface area (Å²) in [5.74, 6) is -0.752. The minimum Gasteiger partial charge on any atom is -0.323 e. The zero-order valence-electron chi connectivity index (χ0n) is 9.89. The first-order valence-electron chi connectivity index (χ1n) is 5.49. The molecule has 0 spiro atoms. The highest BCUT2D eigenvalue weighted by Gasteiger charge is 2.16. The van der Waals surface area contributed by atoms with Gasteiger partial charge >= 0.3 is 0 Å². The number of amides is 1. The Labute approximate surface area is 109 Å². The molecule has 0 fully saturated rings. The van der Waals surface area contributed by atoms with E-state index in [1.807, 2.05) is 6.92 Å². The average molecular weight is 303 g/mol. The maximum atomic E-state index is 13.4. The van der Waals surface area contributed by atoms with Gasteiger partial charge in [0, 0.05) is 11.0 Å². The van der Waals surface area contributed by atoms with Crippen LogP contribution < -0.4 is 10.6 Å². The number of carbonyl (C=O) groups excluding carboxylic acids is 1. The van der Waals surface area contributed by atoms with Gasteiger partial charge < -0.3 is 10.6 Å². The summed E-state index contributed by atoms with van der Waals surface area (Å²) >= 11 is 3.24. The van der Waals surface area contributed by atoms with Gasteiger partial charge in [-0.3, -0.25) is 4.79 Å². The zero-order chi connectivity index (χ0) is 12.8. The predicted octanol–water partition coefficient (Wildman–Crippen LogP) is 2.77. The molecule has 0 radical (unpaired) electrons. The Bertz CT molecular complexity index is 398. The van der Waals surface area contributed by atoms with E-state index in [2.05, 4.69) is 26.6 Å². The Morgan fingerprint density at radius 1 is 1.53 bits per heavy atom. The van der Waals surface area contributed by atoms with Crippen LogP contribution in [0.4, 0.5) is 10.1 Å². The van der Waals surface area contributed by atoms with Crippen molar-refractivity contribution >= 4 is 27.5 Å². The molecule has 1 unspecified atom stereocenters. The SMILES string of the molecule is CCC(CNC)C(=O)Nc1cc(Br)ccc1F. The van der Waals surface area contributed by atoms with Crippen LogP contribution in [0, 0.1) is 11.7 Å². The molecule has 1 aromatic carbocycles. The fraction of sp³-hybridized carbons (Fsp3) is 0.417. The lowest BCUT2D eigenvalue weighted by Crippen LogP contribution is -2.30. The van der Waals surface area contributed by atoms with Gasteiger partial charge in [-0.25, -0.2) is 4.39 Å². The lowest BCUT2D eigenvalue weighted by molar-refractivity contribution is -0.119. The molecule has 0 bridgehead atoms. The van der Waals surface area contributed by atoms with Crippen LogP contribution in [0.1, 0.15) is 13.3 Å². The number of anilines is 1. The number of carbonyl (C=O) groups is 1. The second-order valence-electron chi connectivity index (χ2n) is 3.78. The van der Waals surface area contributed by atoms with Gasteiger partial charge in [0.1, 0.15) is 5.82 Å². The van der Waals surface area contributed by atoms with Crippen molar-refractivity contribution in [3.63, 3.8) is 0 Å². The fourth-order valence-corrected chi connectivity index (χ4v) is 1.86. The number of nitrogens with one attached hydrogen (secondary N) is 2. The van der Waals surface area contributed by atoms with E-state index in [4.69, 9.17) is 0 Å². The standard InChI is InChI=1S/C12H16BrFN2O/c1-3-8(7-15-2)12(17)16-11-6-9(13)4-5-10(11)14/h4-6,8,15H,3,7H2,1-2H3,(H,16,17). The smallest absolute Gasteiger partial charge is 0.228 e. The summed E-state index contributed by atoms with van der Waals surface area (Å²) in [6.07, 6.45) is 0.711. The summed E-state index contributed by atoms with van der Waals surface area (Å²) in [7, 11) is 1.79. The molecule has 0 heterocycles. The van der Waals surface area contributed by atoms with Crippen LogP contribution >= 0.6 is 15.9 Å². The summed E-state index contributed by atoms with van der Waals surface area (Å²) in [6.45, 7) is 2.51. The van der Waals surface area contributed by atoms with Crippen molar-refractivity contribution in [2.45, 2.75) is 13.3 Å². The van der Waals surface area contributed by atoms with Gasteiger partial charge in [-0.05, 0) is 31.7 Å². The highest BCUT2D eigenvalue weighted by Crippen LogP contribution is 2.20. The van der Waals surface area contributed by atoms with Crippen LogP contribution in [0.3, 0.4) is 0 Å². The normalized spacial score (nSPS) is 12.2. The van der Waals surface area contributed by atoms with Gasteiger partial charge in [-0.1, -0.05) is 22.9 Å². The maximum absolute atomic E-state index is 13.4. The highest BCUT2D eigenvalue weighted by molar-refractivity contribution is 9.10. The Kier molecular flexibility index (Phi) is 5.58. The molecule has 17 heavy (non-hydrogen) atoms. The van der Waals surface area contributed by atoms with Gasteiger partial charge in [0.15, 0.2) is 0 Å². The van der Waals surface area contributed by atoms with Crippen LogP contribution in [0.25, 0.3) is 0 Å². The quantitative estimate of drug-likeness (QED) is 0.878. The number of hydrogen-bond acceptors (Lipinski definition) is 2. The fourth-order valence-electron chi connectivity index (χ4n) is 1.50. The topological polar surface area (TPSA) is 41.1 Å². The van der Waals surface area contributed by atoms with E-state index in [0.717, 1.165) is 4.47 Å². The monoisotopic (exact) mass is 302 g/mol. The summed E-state index contributed by atoms with van der Waals surface area (Å²) in [6, 6.07) is 4.47. The lowest BCUT2D eigenvalue weighted by atomic mass is 10.1. The molecule has 1 amide bonds. The molecule has 5 heteroatoms. The Morgan fingerprint density at radius 2 is 2.24 bits per heavy atom. The first-order valence-corrected chi connectivity index (χ1v) is 6.28. The lowest BCUT2D eigenvalue weighted by Gasteiger charge is -2.14. The van der Waals surface area contributed by atoms with Gasteiger partial charge in [0.2, 0.25) is 5.91 Å². The predicted molar refractivity (Wildman–Crippen MR) is 70.4 cm³/mol. The molecule has 94 valence electrons. The number of halogens is 2. The van der Waals surface area contributed by atoms with Crippen LogP contribution in [0.2, 0.25) is 0 Å². The largest absolute Gasteiger partial charge is 0.323 e.